The third kappa shape index (κ3) is 4.62. The Bertz CT molecular complexity index is 1700. The second-order valence-corrected chi connectivity index (χ2v) is 16.6. The van der Waals surface area contributed by atoms with Crippen molar-refractivity contribution in [1.82, 2.24) is 0 Å². The third-order valence-electron chi connectivity index (χ3n) is 9.68. The summed E-state index contributed by atoms with van der Waals surface area (Å²) in [7, 11) is 0. The maximum atomic E-state index is 7.16. The largest absolute Gasteiger partial charge is 0.454 e. The van der Waals surface area contributed by atoms with Crippen LogP contribution >= 0.6 is 35.0 Å². The van der Waals surface area contributed by atoms with E-state index in [-0.39, 0.29) is 21.0 Å². The second kappa shape index (κ2) is 9.73. The second-order valence-electron chi connectivity index (χ2n) is 14.5. The smallest absolute Gasteiger partial charge is 0.159 e. The standard InChI is InChI=1S/C36H41Cl2NOS/c1-33(2,3)22-14-15-29-25(18-22)24-12-11-13-27(32(24)40-29)39(28-20-23(34(4,5)6)19-26(37)31(28)38)30-21-41-36(8)17-10-9-16-35(30,36)7/h11-15,18-21H,9-10,16-17H2,1-8H3. The van der Waals surface area contributed by atoms with Crippen molar-refractivity contribution in [1.29, 1.82) is 0 Å². The van der Waals surface area contributed by atoms with Gasteiger partial charge in [0.15, 0.2) is 5.58 Å². The summed E-state index contributed by atoms with van der Waals surface area (Å²) >= 11 is 16.0. The lowest BCUT2D eigenvalue weighted by atomic mass is 9.65. The van der Waals surface area contributed by atoms with Crippen LogP contribution < -0.4 is 4.90 Å². The first-order chi connectivity index (χ1) is 19.1. The van der Waals surface area contributed by atoms with E-state index in [4.69, 9.17) is 27.6 Å². The fourth-order valence-corrected chi connectivity index (χ4v) is 8.54. The first-order valence-electron chi connectivity index (χ1n) is 14.8. The fourth-order valence-electron chi connectivity index (χ4n) is 6.67. The highest BCUT2D eigenvalue weighted by molar-refractivity contribution is 8.03. The molecule has 5 heteroatoms. The number of hydrogen-bond donors (Lipinski definition) is 0. The lowest BCUT2D eigenvalue weighted by molar-refractivity contribution is 0.210. The van der Waals surface area contributed by atoms with Crippen LogP contribution in [-0.2, 0) is 10.8 Å². The number of rotatable bonds is 3. The molecule has 0 radical (unpaired) electrons. The molecule has 0 bridgehead atoms. The molecule has 0 saturated heterocycles. The molecule has 2 aliphatic rings. The van der Waals surface area contributed by atoms with Gasteiger partial charge in [-0.2, -0.15) is 0 Å². The number of benzene rings is 3. The Hall–Kier alpha value is -2.07. The zero-order valence-corrected chi connectivity index (χ0v) is 27.9. The SMILES string of the molecule is CC(C)(C)c1cc(Cl)c(Cl)c(N(C2=CSC3(C)CCCCC23C)c2cccc3c2oc2ccc(C(C)(C)C)cc23)c1. The summed E-state index contributed by atoms with van der Waals surface area (Å²) in [6.45, 7) is 18.3. The molecule has 6 rings (SSSR count). The van der Waals surface area contributed by atoms with Gasteiger partial charge >= 0.3 is 0 Å². The first-order valence-corrected chi connectivity index (χ1v) is 16.4. The summed E-state index contributed by atoms with van der Waals surface area (Å²) in [6.07, 6.45) is 4.82. The maximum Gasteiger partial charge on any atom is 0.159 e. The van der Waals surface area contributed by atoms with Crippen LogP contribution in [0.2, 0.25) is 10.0 Å². The quantitative estimate of drug-likeness (QED) is 0.231. The molecule has 2 atom stereocenters. The van der Waals surface area contributed by atoms with E-state index >= 15 is 0 Å². The van der Waals surface area contributed by atoms with Crippen LogP contribution in [0.25, 0.3) is 21.9 Å². The minimum Gasteiger partial charge on any atom is -0.454 e. The highest BCUT2D eigenvalue weighted by Gasteiger charge is 2.54. The molecule has 0 spiro atoms. The summed E-state index contributed by atoms with van der Waals surface area (Å²) in [5.74, 6) is 0. The number of nitrogens with zero attached hydrogens (tertiary/aromatic N) is 1. The van der Waals surface area contributed by atoms with E-state index in [1.807, 2.05) is 17.8 Å². The van der Waals surface area contributed by atoms with Crippen molar-refractivity contribution in [2.24, 2.45) is 5.41 Å². The van der Waals surface area contributed by atoms with Crippen molar-refractivity contribution in [2.45, 2.75) is 96.7 Å². The van der Waals surface area contributed by atoms with Crippen molar-refractivity contribution < 1.29 is 4.42 Å². The predicted molar refractivity (Wildman–Crippen MR) is 180 cm³/mol. The summed E-state index contributed by atoms with van der Waals surface area (Å²) in [5.41, 5.74) is 7.34. The molecule has 2 heterocycles. The highest BCUT2D eigenvalue weighted by Crippen LogP contribution is 2.64. The molecule has 2 nitrogen and oxygen atoms in total. The van der Waals surface area contributed by atoms with Crippen LogP contribution in [0, 0.1) is 5.41 Å². The molecule has 41 heavy (non-hydrogen) atoms. The Morgan fingerprint density at radius 3 is 2.22 bits per heavy atom. The van der Waals surface area contributed by atoms with Crippen molar-refractivity contribution in [3.8, 4) is 0 Å². The van der Waals surface area contributed by atoms with Gasteiger partial charge in [-0.1, -0.05) is 103 Å². The molecular formula is C36H41Cl2NOS. The van der Waals surface area contributed by atoms with Crippen LogP contribution in [0.4, 0.5) is 11.4 Å². The van der Waals surface area contributed by atoms with Gasteiger partial charge in [-0.15, -0.1) is 11.8 Å². The van der Waals surface area contributed by atoms with Gasteiger partial charge in [-0.05, 0) is 77.5 Å². The summed E-state index contributed by atoms with van der Waals surface area (Å²) in [4.78, 5) is 2.38. The van der Waals surface area contributed by atoms with Crippen LogP contribution in [0.1, 0.15) is 92.2 Å². The first kappa shape index (κ1) is 29.0. The molecule has 1 aliphatic carbocycles. The number of thioether (sulfide) groups is 1. The van der Waals surface area contributed by atoms with Gasteiger partial charge in [0.25, 0.3) is 0 Å². The van der Waals surface area contributed by atoms with Gasteiger partial charge in [0.2, 0.25) is 0 Å². The molecule has 4 aromatic rings. The topological polar surface area (TPSA) is 16.4 Å². The molecular weight excluding hydrogens is 565 g/mol. The molecule has 1 fully saturated rings. The van der Waals surface area contributed by atoms with Gasteiger partial charge < -0.3 is 9.32 Å². The van der Waals surface area contributed by atoms with E-state index in [0.29, 0.717) is 10.0 Å². The number of allylic oxidation sites excluding steroid dienone is 1. The molecule has 0 N–H and O–H groups in total. The third-order valence-corrected chi connectivity index (χ3v) is 12.0. The normalized spacial score (nSPS) is 23.2. The Morgan fingerprint density at radius 1 is 0.805 bits per heavy atom. The minimum absolute atomic E-state index is 0.0307. The number of furan rings is 1. The molecule has 1 aromatic heterocycles. The number of para-hydroxylation sites is 1. The summed E-state index contributed by atoms with van der Waals surface area (Å²) in [6, 6.07) is 17.4. The van der Waals surface area contributed by atoms with E-state index in [0.717, 1.165) is 45.3 Å². The zero-order chi connectivity index (χ0) is 29.5. The maximum absolute atomic E-state index is 7.16. The zero-order valence-electron chi connectivity index (χ0n) is 25.5. The molecule has 216 valence electrons. The van der Waals surface area contributed by atoms with Gasteiger partial charge in [0.1, 0.15) is 5.58 Å². The van der Waals surface area contributed by atoms with Crippen LogP contribution in [0.5, 0.6) is 0 Å². The lowest BCUT2D eigenvalue weighted by Crippen LogP contribution is -2.45. The highest BCUT2D eigenvalue weighted by atomic mass is 35.5. The van der Waals surface area contributed by atoms with Crippen molar-refractivity contribution in [3.05, 3.63) is 80.8 Å². The van der Waals surface area contributed by atoms with Crippen molar-refractivity contribution in [3.63, 3.8) is 0 Å². The number of fused-ring (bicyclic) bond motifs is 4. The van der Waals surface area contributed by atoms with Crippen LogP contribution in [-0.4, -0.2) is 4.75 Å². The Morgan fingerprint density at radius 2 is 1.51 bits per heavy atom. The van der Waals surface area contributed by atoms with Crippen LogP contribution in [0.15, 0.2) is 64.1 Å². The van der Waals surface area contributed by atoms with Gasteiger partial charge in [-0.25, -0.2) is 0 Å². The predicted octanol–water partition coefficient (Wildman–Crippen LogP) is 12.6. The molecule has 2 unspecified atom stereocenters. The van der Waals surface area contributed by atoms with E-state index in [1.54, 1.807) is 0 Å². The van der Waals surface area contributed by atoms with E-state index < -0.39 is 0 Å². The summed E-state index contributed by atoms with van der Waals surface area (Å²) in [5, 5.41) is 5.80. The fraction of sp³-hybridized carbons (Fsp3) is 0.444. The Balaban J connectivity index is 1.66. The Kier molecular flexibility index (Phi) is 6.88. The lowest BCUT2D eigenvalue weighted by Gasteiger charge is -2.48. The Labute approximate surface area is 259 Å². The number of anilines is 2. The molecule has 1 saturated carbocycles. The summed E-state index contributed by atoms with van der Waals surface area (Å²) < 4.78 is 6.85. The van der Waals surface area contributed by atoms with E-state index in [9.17, 15) is 0 Å². The monoisotopic (exact) mass is 605 g/mol. The molecule has 0 amide bonds. The van der Waals surface area contributed by atoms with Crippen molar-refractivity contribution >= 4 is 68.3 Å². The number of hydrogen-bond acceptors (Lipinski definition) is 3. The van der Waals surface area contributed by atoms with Gasteiger partial charge in [-0.3, -0.25) is 0 Å². The van der Waals surface area contributed by atoms with Gasteiger partial charge in [0, 0.05) is 26.6 Å². The van der Waals surface area contributed by atoms with Crippen molar-refractivity contribution in [2.75, 3.05) is 4.90 Å². The van der Waals surface area contributed by atoms with E-state index in [2.05, 4.69) is 108 Å². The minimum atomic E-state index is -0.0918. The molecule has 3 aromatic carbocycles. The molecule has 1 aliphatic heterocycles. The average Bonchev–Trinajstić information content (AvgIpc) is 3.40. The number of halogens is 2. The van der Waals surface area contributed by atoms with Gasteiger partial charge in [0.05, 0.1) is 21.4 Å². The van der Waals surface area contributed by atoms with Crippen LogP contribution in [0.3, 0.4) is 0 Å². The average molecular weight is 607 g/mol. The van der Waals surface area contributed by atoms with E-state index in [1.165, 1.54) is 30.5 Å².